The summed E-state index contributed by atoms with van der Waals surface area (Å²) < 4.78 is 0. The summed E-state index contributed by atoms with van der Waals surface area (Å²) in [4.78, 5) is 113. The summed E-state index contributed by atoms with van der Waals surface area (Å²) >= 11 is 0. The van der Waals surface area contributed by atoms with E-state index in [1.807, 2.05) is 13.8 Å². The number of carbonyl (C=O) groups is 8. The highest BCUT2D eigenvalue weighted by atomic mass is 16.3. The molecule has 58 heavy (non-hydrogen) atoms. The van der Waals surface area contributed by atoms with Crippen molar-refractivity contribution in [1.29, 1.82) is 0 Å². The number of benzene rings is 1. The number of rotatable bonds is 7. The predicted molar refractivity (Wildman–Crippen MR) is 210 cm³/mol. The number of nitrogens with zero attached hydrogens (tertiary/aromatic N) is 2. The number of hydrogen-bond donors (Lipinski definition) is 8. The second-order valence-corrected chi connectivity index (χ2v) is 16.3. The molecule has 8 N–H and O–H groups in total. The Labute approximate surface area is 339 Å². The first-order chi connectivity index (χ1) is 27.4. The molecule has 8 amide bonds. The molecule has 3 fully saturated rings. The SMILES string of the molecule is CC(C)C[C@@H]1NC(=O)CNC(=O)[C@H](C(C)C)NC(=O)[C@@H]2CCCN2C(=O)[C@@H](Cc2ccccc2)NC(=O)[C@H]([C@@H](C)O)NC(=O)[C@@H]2CCCN2C(=O)[C@H]([C@@H](C)O)NC1=O. The van der Waals surface area contributed by atoms with Crippen molar-refractivity contribution >= 4 is 47.3 Å². The van der Waals surface area contributed by atoms with Gasteiger partial charge in [0.05, 0.1) is 18.8 Å². The first kappa shape index (κ1) is 45.6. The van der Waals surface area contributed by atoms with E-state index in [1.54, 1.807) is 44.2 Å². The summed E-state index contributed by atoms with van der Waals surface area (Å²) in [6, 6.07) is 0.0800. The Balaban J connectivity index is 1.72. The molecule has 3 saturated heterocycles. The van der Waals surface area contributed by atoms with Crippen LogP contribution < -0.4 is 31.9 Å². The van der Waals surface area contributed by atoms with E-state index in [0.717, 1.165) is 0 Å². The molecule has 0 aliphatic carbocycles. The molecule has 3 heterocycles. The van der Waals surface area contributed by atoms with Crippen molar-refractivity contribution in [1.82, 2.24) is 41.7 Å². The molecule has 3 aliphatic heterocycles. The van der Waals surface area contributed by atoms with Gasteiger partial charge in [-0.2, -0.15) is 0 Å². The van der Waals surface area contributed by atoms with Crippen LogP contribution in [0, 0.1) is 11.8 Å². The van der Waals surface area contributed by atoms with Gasteiger partial charge in [0.1, 0.15) is 42.3 Å². The molecular weight excluding hydrogens is 752 g/mol. The van der Waals surface area contributed by atoms with Gasteiger partial charge >= 0.3 is 0 Å². The first-order valence-electron chi connectivity index (χ1n) is 20.2. The van der Waals surface area contributed by atoms with Gasteiger partial charge < -0.3 is 51.9 Å². The van der Waals surface area contributed by atoms with Crippen molar-refractivity contribution in [2.45, 2.75) is 135 Å². The molecule has 3 aliphatic rings. The molecule has 0 unspecified atom stereocenters. The Morgan fingerprint density at radius 2 is 1.14 bits per heavy atom. The van der Waals surface area contributed by atoms with Crippen LogP contribution in [0.25, 0.3) is 0 Å². The minimum atomic E-state index is -1.57. The van der Waals surface area contributed by atoms with Crippen LogP contribution in [0.2, 0.25) is 0 Å². The lowest BCUT2D eigenvalue weighted by molar-refractivity contribution is -0.145. The highest BCUT2D eigenvalue weighted by molar-refractivity contribution is 5.99. The number of hydrogen-bond acceptors (Lipinski definition) is 10. The molecule has 1 aromatic rings. The smallest absolute Gasteiger partial charge is 0.248 e. The van der Waals surface area contributed by atoms with Crippen LogP contribution in [-0.2, 0) is 44.8 Å². The van der Waals surface area contributed by atoms with Crippen LogP contribution in [0.5, 0.6) is 0 Å². The fourth-order valence-electron chi connectivity index (χ4n) is 7.60. The standard InChI is InChI=1S/C40H60N8O10/c1-21(2)18-26-34(52)46-33(24(6)50)40(58)48-17-11-15-29(48)36(54)45-32(23(5)49)38(56)43-27(19-25-12-8-7-9-13-25)39(57)47-16-10-14-28(47)35(53)44-31(22(3)4)37(55)41-20-30(51)42-26/h7-9,12-13,21-24,26-29,31-33,49-50H,10-11,14-20H2,1-6H3,(H,41,55)(H,42,51)(H,43,56)(H,44,53)(H,45,54)(H,46,52)/t23-,24-,26+,27-,28+,29+,31+,32+,33+/m1/s1. The maximum Gasteiger partial charge on any atom is 0.248 e. The van der Waals surface area contributed by atoms with E-state index < -0.39 is 114 Å². The molecule has 18 nitrogen and oxygen atoms in total. The van der Waals surface area contributed by atoms with E-state index in [9.17, 15) is 48.6 Å². The van der Waals surface area contributed by atoms with E-state index in [4.69, 9.17) is 0 Å². The second-order valence-electron chi connectivity index (χ2n) is 16.3. The first-order valence-corrected chi connectivity index (χ1v) is 20.2. The third-order valence-electron chi connectivity index (χ3n) is 10.7. The van der Waals surface area contributed by atoms with Crippen molar-refractivity contribution in [3.05, 3.63) is 35.9 Å². The highest BCUT2D eigenvalue weighted by Gasteiger charge is 2.43. The summed E-state index contributed by atoms with van der Waals surface area (Å²) in [5, 5.41) is 37.1. The van der Waals surface area contributed by atoms with Crippen LogP contribution in [0.15, 0.2) is 30.3 Å². The Bertz CT molecular complexity index is 1670. The van der Waals surface area contributed by atoms with Gasteiger partial charge in [-0.1, -0.05) is 58.0 Å². The second kappa shape index (κ2) is 20.5. The van der Waals surface area contributed by atoms with Crippen molar-refractivity contribution in [3.8, 4) is 0 Å². The number of aliphatic hydroxyl groups is 2. The Hall–Kier alpha value is -5.10. The van der Waals surface area contributed by atoms with Gasteiger partial charge in [0, 0.05) is 19.5 Å². The minimum Gasteiger partial charge on any atom is -0.391 e. The summed E-state index contributed by atoms with van der Waals surface area (Å²) in [6.45, 7) is 9.34. The quantitative estimate of drug-likeness (QED) is 0.154. The summed E-state index contributed by atoms with van der Waals surface area (Å²) in [7, 11) is 0. The fraction of sp³-hybridized carbons (Fsp3) is 0.650. The molecule has 9 atom stereocenters. The zero-order valence-electron chi connectivity index (χ0n) is 34.2. The predicted octanol–water partition coefficient (Wildman–Crippen LogP) is -1.77. The maximum atomic E-state index is 14.3. The summed E-state index contributed by atoms with van der Waals surface area (Å²) in [5.74, 6) is -6.34. The molecule has 0 aromatic heterocycles. The average molecular weight is 813 g/mol. The zero-order valence-corrected chi connectivity index (χ0v) is 34.2. The van der Waals surface area contributed by atoms with Gasteiger partial charge in [0.15, 0.2) is 0 Å². The summed E-state index contributed by atoms with van der Waals surface area (Å²) in [5.41, 5.74) is 0.683. The number of carbonyl (C=O) groups excluding carboxylic acids is 8. The van der Waals surface area contributed by atoms with Crippen LogP contribution in [-0.4, -0.2) is 141 Å². The minimum absolute atomic E-state index is 0.00516. The Morgan fingerprint density at radius 1 is 0.603 bits per heavy atom. The summed E-state index contributed by atoms with van der Waals surface area (Å²) in [6.07, 6.45) is -1.46. The average Bonchev–Trinajstić information content (AvgIpc) is 3.86. The van der Waals surface area contributed by atoms with Crippen LogP contribution in [0.1, 0.15) is 79.2 Å². The van der Waals surface area contributed by atoms with Crippen molar-refractivity contribution in [2.24, 2.45) is 11.8 Å². The van der Waals surface area contributed by atoms with Crippen LogP contribution in [0.3, 0.4) is 0 Å². The number of fused-ring (bicyclic) bond motifs is 2. The van der Waals surface area contributed by atoms with E-state index in [-0.39, 0.29) is 44.7 Å². The van der Waals surface area contributed by atoms with Gasteiger partial charge in [0.2, 0.25) is 47.3 Å². The lowest BCUT2D eigenvalue weighted by atomic mass is 10.0. The third kappa shape index (κ3) is 11.7. The van der Waals surface area contributed by atoms with Crippen LogP contribution >= 0.6 is 0 Å². The maximum absolute atomic E-state index is 14.3. The molecule has 320 valence electrons. The number of aliphatic hydroxyl groups excluding tert-OH is 2. The van der Waals surface area contributed by atoms with Gasteiger partial charge in [-0.25, -0.2) is 0 Å². The molecule has 18 heteroatoms. The van der Waals surface area contributed by atoms with Gasteiger partial charge in [-0.3, -0.25) is 38.4 Å². The fourth-order valence-corrected chi connectivity index (χ4v) is 7.60. The van der Waals surface area contributed by atoms with E-state index in [1.165, 1.54) is 23.6 Å². The topological polar surface area (TPSA) is 256 Å². The normalized spacial score (nSPS) is 28.7. The largest absolute Gasteiger partial charge is 0.391 e. The highest BCUT2D eigenvalue weighted by Crippen LogP contribution is 2.22. The molecular formula is C40H60N8O10. The molecule has 0 bridgehead atoms. The Kier molecular flexibility index (Phi) is 16.2. The van der Waals surface area contributed by atoms with E-state index in [2.05, 4.69) is 31.9 Å². The molecule has 1 aromatic carbocycles. The Morgan fingerprint density at radius 3 is 1.67 bits per heavy atom. The van der Waals surface area contributed by atoms with Gasteiger partial charge in [-0.15, -0.1) is 0 Å². The molecule has 0 spiro atoms. The third-order valence-corrected chi connectivity index (χ3v) is 10.7. The molecule has 0 saturated carbocycles. The van der Waals surface area contributed by atoms with Crippen molar-refractivity contribution < 1.29 is 48.6 Å². The van der Waals surface area contributed by atoms with Crippen molar-refractivity contribution in [3.63, 3.8) is 0 Å². The molecule has 4 rings (SSSR count). The van der Waals surface area contributed by atoms with E-state index in [0.29, 0.717) is 18.4 Å². The number of nitrogens with one attached hydrogen (secondary N) is 6. The lowest BCUT2D eigenvalue weighted by Gasteiger charge is -2.33. The zero-order chi connectivity index (χ0) is 42.8. The van der Waals surface area contributed by atoms with Crippen LogP contribution in [0.4, 0.5) is 0 Å². The van der Waals surface area contributed by atoms with E-state index >= 15 is 0 Å². The van der Waals surface area contributed by atoms with Gasteiger partial charge in [0.25, 0.3) is 0 Å². The number of amides is 8. The monoisotopic (exact) mass is 812 g/mol. The molecule has 0 radical (unpaired) electrons. The van der Waals surface area contributed by atoms with Crippen molar-refractivity contribution in [2.75, 3.05) is 19.6 Å². The van der Waals surface area contributed by atoms with Gasteiger partial charge in [-0.05, 0) is 63.4 Å². The lowest BCUT2D eigenvalue weighted by Crippen LogP contribution is -2.63.